The van der Waals surface area contributed by atoms with Crippen molar-refractivity contribution in [2.75, 3.05) is 0 Å². The van der Waals surface area contributed by atoms with E-state index in [4.69, 9.17) is 5.11 Å². The maximum atomic E-state index is 10.7. The minimum Gasteiger partial charge on any atom is -0.392 e. The van der Waals surface area contributed by atoms with Crippen molar-refractivity contribution in [3.05, 3.63) is 41.0 Å². The number of rotatable bonds is 3. The number of hydrogen-bond acceptors (Lipinski definition) is 2. The van der Waals surface area contributed by atoms with Crippen LogP contribution in [0, 0.1) is 0 Å². The molecule has 1 N–H and O–H groups in total. The number of benzene rings is 1. The van der Waals surface area contributed by atoms with Crippen molar-refractivity contribution in [2.24, 2.45) is 0 Å². The lowest BCUT2D eigenvalue weighted by Gasteiger charge is -2.01. The van der Waals surface area contributed by atoms with E-state index in [0.29, 0.717) is 5.56 Å². The molecule has 0 aliphatic carbocycles. The Kier molecular flexibility index (Phi) is 3.41. The lowest BCUT2D eigenvalue weighted by Crippen LogP contribution is -1.90. The van der Waals surface area contributed by atoms with Crippen molar-refractivity contribution < 1.29 is 9.90 Å². The molecule has 0 unspecified atom stereocenters. The van der Waals surface area contributed by atoms with Crippen LogP contribution in [0.2, 0.25) is 0 Å². The molecule has 0 aliphatic rings. The molecular formula is C11H12O2. The highest BCUT2D eigenvalue weighted by atomic mass is 16.3. The number of carbonyl (C=O) groups is 1. The molecule has 0 spiro atoms. The van der Waals surface area contributed by atoms with Crippen molar-refractivity contribution in [1.29, 1.82) is 0 Å². The van der Waals surface area contributed by atoms with Crippen molar-refractivity contribution in [1.82, 2.24) is 0 Å². The molecule has 2 heteroatoms. The van der Waals surface area contributed by atoms with E-state index >= 15 is 0 Å². The quantitative estimate of drug-likeness (QED) is 0.715. The van der Waals surface area contributed by atoms with Gasteiger partial charge in [0.1, 0.15) is 0 Å². The molecule has 0 bridgehead atoms. The molecule has 2 nitrogen and oxygen atoms in total. The summed E-state index contributed by atoms with van der Waals surface area (Å²) in [5.74, 6) is 0. The Labute approximate surface area is 77.5 Å². The summed E-state index contributed by atoms with van der Waals surface area (Å²) in [6.07, 6.45) is 4.54. The van der Waals surface area contributed by atoms with Gasteiger partial charge >= 0.3 is 0 Å². The number of carbonyl (C=O) groups excluding carboxylic acids is 1. The zero-order valence-electron chi connectivity index (χ0n) is 7.53. The zero-order chi connectivity index (χ0) is 9.68. The first-order valence-corrected chi connectivity index (χ1v) is 4.13. The maximum absolute atomic E-state index is 10.7. The van der Waals surface area contributed by atoms with Gasteiger partial charge in [-0.2, -0.15) is 0 Å². The fourth-order valence-electron chi connectivity index (χ4n) is 1.16. The molecule has 13 heavy (non-hydrogen) atoms. The van der Waals surface area contributed by atoms with Gasteiger partial charge in [-0.15, -0.1) is 0 Å². The summed E-state index contributed by atoms with van der Waals surface area (Å²) in [4.78, 5) is 10.7. The SMILES string of the molecule is C/C=C/c1ccc(CO)cc1C=O. The van der Waals surface area contributed by atoms with Crippen molar-refractivity contribution in [3.63, 3.8) is 0 Å². The largest absolute Gasteiger partial charge is 0.392 e. The van der Waals surface area contributed by atoms with Crippen LogP contribution in [0.3, 0.4) is 0 Å². The smallest absolute Gasteiger partial charge is 0.150 e. The van der Waals surface area contributed by atoms with Crippen LogP contribution in [-0.4, -0.2) is 11.4 Å². The first-order valence-electron chi connectivity index (χ1n) is 4.13. The van der Waals surface area contributed by atoms with Gasteiger partial charge in [-0.25, -0.2) is 0 Å². The molecular weight excluding hydrogens is 164 g/mol. The first-order chi connectivity index (χ1) is 6.31. The van der Waals surface area contributed by atoms with Gasteiger partial charge in [0.15, 0.2) is 6.29 Å². The number of aldehydes is 1. The lowest BCUT2D eigenvalue weighted by atomic mass is 10.0. The molecule has 0 aliphatic heterocycles. The highest BCUT2D eigenvalue weighted by molar-refractivity contribution is 5.82. The Balaban J connectivity index is 3.15. The second kappa shape index (κ2) is 4.58. The van der Waals surface area contributed by atoms with Gasteiger partial charge in [0.2, 0.25) is 0 Å². The van der Waals surface area contributed by atoms with Crippen LogP contribution in [0.15, 0.2) is 24.3 Å². The Bertz CT molecular complexity index is 327. The van der Waals surface area contributed by atoms with E-state index in [-0.39, 0.29) is 6.61 Å². The van der Waals surface area contributed by atoms with Gasteiger partial charge in [0, 0.05) is 5.56 Å². The molecule has 0 saturated carbocycles. The molecule has 0 heterocycles. The molecule has 1 aromatic carbocycles. The van der Waals surface area contributed by atoms with Gasteiger partial charge in [-0.1, -0.05) is 24.3 Å². The maximum Gasteiger partial charge on any atom is 0.150 e. The molecule has 0 aromatic heterocycles. The number of hydrogen-bond donors (Lipinski definition) is 1. The van der Waals surface area contributed by atoms with Crippen LogP contribution in [0.5, 0.6) is 0 Å². The molecule has 0 fully saturated rings. The monoisotopic (exact) mass is 176 g/mol. The second-order valence-corrected chi connectivity index (χ2v) is 2.74. The first kappa shape index (κ1) is 9.68. The van der Waals surface area contributed by atoms with E-state index in [2.05, 4.69) is 0 Å². The highest BCUT2D eigenvalue weighted by Gasteiger charge is 1.99. The third-order valence-corrected chi connectivity index (χ3v) is 1.81. The Morgan fingerprint density at radius 1 is 1.38 bits per heavy atom. The summed E-state index contributed by atoms with van der Waals surface area (Å²) in [7, 11) is 0. The third-order valence-electron chi connectivity index (χ3n) is 1.81. The summed E-state index contributed by atoms with van der Waals surface area (Å²) < 4.78 is 0. The normalized spacial score (nSPS) is 10.6. The standard InChI is InChI=1S/C11H12O2/c1-2-3-10-5-4-9(7-12)6-11(10)8-13/h2-6,8,12H,7H2,1H3/b3-2+. The lowest BCUT2D eigenvalue weighted by molar-refractivity contribution is 0.112. The number of allylic oxidation sites excluding steroid dienone is 1. The topological polar surface area (TPSA) is 37.3 Å². The van der Waals surface area contributed by atoms with Gasteiger partial charge in [0.25, 0.3) is 0 Å². The Hall–Kier alpha value is -1.41. The summed E-state index contributed by atoms with van der Waals surface area (Å²) in [6, 6.07) is 5.33. The highest BCUT2D eigenvalue weighted by Crippen LogP contribution is 2.12. The average molecular weight is 176 g/mol. The van der Waals surface area contributed by atoms with E-state index in [1.165, 1.54) is 0 Å². The van der Waals surface area contributed by atoms with E-state index in [0.717, 1.165) is 17.4 Å². The van der Waals surface area contributed by atoms with Crippen LogP contribution in [0.1, 0.15) is 28.4 Å². The summed E-state index contributed by atoms with van der Waals surface area (Å²) >= 11 is 0. The van der Waals surface area contributed by atoms with Crippen LogP contribution < -0.4 is 0 Å². The van der Waals surface area contributed by atoms with Gasteiger partial charge in [-0.3, -0.25) is 4.79 Å². The van der Waals surface area contributed by atoms with Gasteiger partial charge in [0.05, 0.1) is 6.61 Å². The second-order valence-electron chi connectivity index (χ2n) is 2.74. The summed E-state index contributed by atoms with van der Waals surface area (Å²) in [6.45, 7) is 1.87. The van der Waals surface area contributed by atoms with Crippen molar-refractivity contribution in [2.45, 2.75) is 13.5 Å². The van der Waals surface area contributed by atoms with E-state index in [1.807, 2.05) is 31.2 Å². The van der Waals surface area contributed by atoms with Crippen LogP contribution >= 0.6 is 0 Å². The van der Waals surface area contributed by atoms with Crippen molar-refractivity contribution in [3.8, 4) is 0 Å². The van der Waals surface area contributed by atoms with E-state index < -0.39 is 0 Å². The fraction of sp³-hybridized carbons (Fsp3) is 0.182. The molecule has 68 valence electrons. The summed E-state index contributed by atoms with van der Waals surface area (Å²) in [5, 5.41) is 8.84. The van der Waals surface area contributed by atoms with Crippen molar-refractivity contribution >= 4 is 12.4 Å². The van der Waals surface area contributed by atoms with Gasteiger partial charge in [-0.05, 0) is 24.1 Å². The van der Waals surface area contributed by atoms with E-state index in [9.17, 15) is 4.79 Å². The molecule has 0 saturated heterocycles. The third kappa shape index (κ3) is 2.26. The molecule has 0 atom stereocenters. The predicted molar refractivity (Wildman–Crippen MR) is 52.5 cm³/mol. The summed E-state index contributed by atoms with van der Waals surface area (Å²) in [5.41, 5.74) is 2.26. The van der Waals surface area contributed by atoms with Crippen LogP contribution in [0.25, 0.3) is 6.08 Å². The van der Waals surface area contributed by atoms with E-state index in [1.54, 1.807) is 6.07 Å². The Morgan fingerprint density at radius 3 is 2.69 bits per heavy atom. The predicted octanol–water partition coefficient (Wildman–Crippen LogP) is 2.02. The number of aliphatic hydroxyl groups is 1. The molecule has 0 radical (unpaired) electrons. The Morgan fingerprint density at radius 2 is 2.15 bits per heavy atom. The van der Waals surface area contributed by atoms with Crippen LogP contribution in [0.4, 0.5) is 0 Å². The van der Waals surface area contributed by atoms with Crippen LogP contribution in [-0.2, 0) is 6.61 Å². The average Bonchev–Trinajstić information content (AvgIpc) is 2.19. The molecule has 0 amide bonds. The molecule has 1 aromatic rings. The number of aliphatic hydroxyl groups excluding tert-OH is 1. The fourth-order valence-corrected chi connectivity index (χ4v) is 1.16. The minimum atomic E-state index is -0.0308. The molecule has 1 rings (SSSR count). The minimum absolute atomic E-state index is 0.0308. The van der Waals surface area contributed by atoms with Gasteiger partial charge < -0.3 is 5.11 Å². The zero-order valence-corrected chi connectivity index (χ0v) is 7.53.